The van der Waals surface area contributed by atoms with Gasteiger partial charge in [-0.15, -0.1) is 0 Å². The summed E-state index contributed by atoms with van der Waals surface area (Å²) in [7, 11) is 0. The van der Waals surface area contributed by atoms with Crippen molar-refractivity contribution in [1.29, 1.82) is 0 Å². The first-order valence-electron chi connectivity index (χ1n) is 9.26. The Balaban J connectivity index is 1.32. The smallest absolute Gasteiger partial charge is 0.270 e. The Labute approximate surface area is 157 Å². The lowest BCUT2D eigenvalue weighted by Crippen LogP contribution is -2.47. The van der Waals surface area contributed by atoms with Crippen molar-refractivity contribution in [3.8, 4) is 0 Å². The van der Waals surface area contributed by atoms with E-state index in [0.717, 1.165) is 19.3 Å². The van der Waals surface area contributed by atoms with Gasteiger partial charge in [-0.05, 0) is 44.4 Å². The van der Waals surface area contributed by atoms with Gasteiger partial charge in [0.05, 0.1) is 30.1 Å². The Morgan fingerprint density at radius 2 is 2.07 bits per heavy atom. The number of nitrogens with zero attached hydrogens (tertiary/aromatic N) is 2. The first-order chi connectivity index (χ1) is 13.1. The molecule has 2 aliphatic rings. The second-order valence-corrected chi connectivity index (χ2v) is 7.27. The number of carbonyl (C=O) groups excluding carboxylic acids is 2. The highest BCUT2D eigenvalue weighted by Crippen LogP contribution is 2.36. The van der Waals surface area contributed by atoms with Gasteiger partial charge in [-0.2, -0.15) is 0 Å². The molecule has 142 valence electrons. The number of nitrogens with one attached hydrogen (secondary N) is 1. The van der Waals surface area contributed by atoms with Crippen LogP contribution in [0.4, 0.5) is 0 Å². The first-order valence-corrected chi connectivity index (χ1v) is 9.26. The van der Waals surface area contributed by atoms with E-state index in [-0.39, 0.29) is 23.5 Å². The highest BCUT2D eigenvalue weighted by atomic mass is 16.5. The average molecular weight is 369 g/mol. The third-order valence-corrected chi connectivity index (χ3v) is 5.49. The number of pyridine rings is 1. The molecule has 2 fully saturated rings. The van der Waals surface area contributed by atoms with Gasteiger partial charge in [-0.3, -0.25) is 14.6 Å². The van der Waals surface area contributed by atoms with Crippen LogP contribution in [0, 0.1) is 6.92 Å². The van der Waals surface area contributed by atoms with Gasteiger partial charge in [0, 0.05) is 19.3 Å². The fourth-order valence-corrected chi connectivity index (χ4v) is 3.94. The Kier molecular flexibility index (Phi) is 4.70. The van der Waals surface area contributed by atoms with E-state index in [4.69, 9.17) is 9.15 Å². The lowest BCUT2D eigenvalue weighted by molar-refractivity contribution is -0.0389. The number of aromatic nitrogens is 1. The molecule has 4 rings (SSSR count). The van der Waals surface area contributed by atoms with E-state index in [1.54, 1.807) is 43.6 Å². The van der Waals surface area contributed by atoms with Gasteiger partial charge in [0.1, 0.15) is 11.5 Å². The van der Waals surface area contributed by atoms with E-state index >= 15 is 0 Å². The summed E-state index contributed by atoms with van der Waals surface area (Å²) in [5.74, 6) is 0.480. The number of amides is 2. The highest BCUT2D eigenvalue weighted by molar-refractivity contribution is 5.95. The molecule has 0 aliphatic carbocycles. The maximum Gasteiger partial charge on any atom is 0.270 e. The van der Waals surface area contributed by atoms with Crippen molar-refractivity contribution in [2.75, 3.05) is 19.7 Å². The molecule has 0 saturated carbocycles. The Bertz CT molecular complexity index is 825. The molecule has 2 aliphatic heterocycles. The summed E-state index contributed by atoms with van der Waals surface area (Å²) >= 11 is 0. The minimum absolute atomic E-state index is 0.00843. The van der Waals surface area contributed by atoms with Crippen LogP contribution in [0.25, 0.3) is 0 Å². The van der Waals surface area contributed by atoms with Gasteiger partial charge >= 0.3 is 0 Å². The molecule has 7 nitrogen and oxygen atoms in total. The van der Waals surface area contributed by atoms with E-state index in [2.05, 4.69) is 10.3 Å². The van der Waals surface area contributed by atoms with Crippen LogP contribution >= 0.6 is 0 Å². The lowest BCUT2D eigenvalue weighted by atomic mass is 9.87. The molecule has 2 aromatic heterocycles. The van der Waals surface area contributed by atoms with Gasteiger partial charge in [0.2, 0.25) is 0 Å². The van der Waals surface area contributed by atoms with Crippen molar-refractivity contribution in [3.63, 3.8) is 0 Å². The molecule has 27 heavy (non-hydrogen) atoms. The minimum Gasteiger partial charge on any atom is -0.469 e. The van der Waals surface area contributed by atoms with Crippen LogP contribution in [0.1, 0.15) is 45.9 Å². The fraction of sp³-hybridized carbons (Fsp3) is 0.450. The van der Waals surface area contributed by atoms with E-state index in [0.29, 0.717) is 36.7 Å². The molecule has 0 aromatic carbocycles. The number of aryl methyl sites for hydroxylation is 1. The molecule has 2 saturated heterocycles. The minimum atomic E-state index is -0.260. The van der Waals surface area contributed by atoms with Gasteiger partial charge < -0.3 is 19.4 Å². The first kappa shape index (κ1) is 17.7. The summed E-state index contributed by atoms with van der Waals surface area (Å²) < 4.78 is 11.3. The SMILES string of the molecule is Cc1occc1C(=O)N1CCC2(CC1)C[C@@H](NC(=O)c1ccccn1)CO2. The van der Waals surface area contributed by atoms with Crippen LogP contribution in [-0.4, -0.2) is 53.0 Å². The number of hydrogen-bond donors (Lipinski definition) is 1. The number of ether oxygens (including phenoxy) is 1. The maximum atomic E-state index is 12.6. The van der Waals surface area contributed by atoms with Crippen LogP contribution in [0.5, 0.6) is 0 Å². The molecular formula is C20H23N3O4. The molecular weight excluding hydrogens is 346 g/mol. The maximum absolute atomic E-state index is 12.6. The number of likely N-dealkylation sites (tertiary alicyclic amines) is 1. The van der Waals surface area contributed by atoms with Crippen molar-refractivity contribution in [3.05, 3.63) is 53.7 Å². The summed E-state index contributed by atoms with van der Waals surface area (Å²) in [6.45, 7) is 3.58. The van der Waals surface area contributed by atoms with Crippen LogP contribution < -0.4 is 5.32 Å². The molecule has 1 N–H and O–H groups in total. The predicted octanol–water partition coefficient (Wildman–Crippen LogP) is 2.18. The third kappa shape index (κ3) is 3.60. The predicted molar refractivity (Wildman–Crippen MR) is 97.4 cm³/mol. The highest BCUT2D eigenvalue weighted by Gasteiger charge is 2.44. The van der Waals surface area contributed by atoms with E-state index < -0.39 is 0 Å². The van der Waals surface area contributed by atoms with Crippen LogP contribution in [0.15, 0.2) is 41.1 Å². The number of hydrogen-bond acceptors (Lipinski definition) is 5. The van der Waals surface area contributed by atoms with Gasteiger partial charge in [-0.1, -0.05) is 6.07 Å². The zero-order valence-electron chi connectivity index (χ0n) is 15.3. The van der Waals surface area contributed by atoms with Crippen molar-refractivity contribution in [2.45, 2.75) is 37.8 Å². The zero-order chi connectivity index (χ0) is 18.9. The Morgan fingerprint density at radius 1 is 1.26 bits per heavy atom. The van der Waals surface area contributed by atoms with E-state index in [9.17, 15) is 9.59 Å². The largest absolute Gasteiger partial charge is 0.469 e. The van der Waals surface area contributed by atoms with Gasteiger partial charge in [-0.25, -0.2) is 0 Å². The van der Waals surface area contributed by atoms with E-state index in [1.807, 2.05) is 4.90 Å². The van der Waals surface area contributed by atoms with Crippen LogP contribution in [0.2, 0.25) is 0 Å². The molecule has 7 heteroatoms. The summed E-state index contributed by atoms with van der Waals surface area (Å²) in [6, 6.07) is 6.96. The topological polar surface area (TPSA) is 84.7 Å². The molecule has 0 radical (unpaired) electrons. The molecule has 2 aromatic rings. The summed E-state index contributed by atoms with van der Waals surface area (Å²) in [5, 5.41) is 3.01. The van der Waals surface area contributed by atoms with Crippen LogP contribution in [0.3, 0.4) is 0 Å². The normalized spacial score (nSPS) is 21.4. The quantitative estimate of drug-likeness (QED) is 0.896. The number of furan rings is 1. The number of rotatable bonds is 3. The molecule has 2 amide bonds. The lowest BCUT2D eigenvalue weighted by Gasteiger charge is -2.38. The van der Waals surface area contributed by atoms with Crippen molar-refractivity contribution < 1.29 is 18.7 Å². The molecule has 0 bridgehead atoms. The van der Waals surface area contributed by atoms with Gasteiger partial charge in [0.15, 0.2) is 0 Å². The second-order valence-electron chi connectivity index (χ2n) is 7.27. The zero-order valence-corrected chi connectivity index (χ0v) is 15.3. The van der Waals surface area contributed by atoms with Crippen molar-refractivity contribution in [2.24, 2.45) is 0 Å². The summed E-state index contributed by atoms with van der Waals surface area (Å²) in [4.78, 5) is 30.8. The monoisotopic (exact) mass is 369 g/mol. The fourth-order valence-electron chi connectivity index (χ4n) is 3.94. The van der Waals surface area contributed by atoms with Crippen molar-refractivity contribution in [1.82, 2.24) is 15.2 Å². The van der Waals surface area contributed by atoms with Crippen molar-refractivity contribution >= 4 is 11.8 Å². The number of carbonyl (C=O) groups is 2. The Morgan fingerprint density at radius 3 is 2.74 bits per heavy atom. The standard InChI is InChI=1S/C20H23N3O4/c1-14-16(5-11-26-14)19(25)23-9-6-20(7-10-23)12-15(13-27-20)22-18(24)17-4-2-3-8-21-17/h2-5,8,11,15H,6-7,9-10,12-13H2,1H3,(H,22,24)/t15-/m1/s1. The molecule has 1 spiro atoms. The van der Waals surface area contributed by atoms with Crippen LogP contribution in [-0.2, 0) is 4.74 Å². The molecule has 1 atom stereocenters. The average Bonchev–Trinajstić information content (AvgIpc) is 3.29. The summed E-state index contributed by atoms with van der Waals surface area (Å²) in [6.07, 6.45) is 5.45. The Hall–Kier alpha value is -2.67. The van der Waals surface area contributed by atoms with Gasteiger partial charge in [0.25, 0.3) is 11.8 Å². The summed E-state index contributed by atoms with van der Waals surface area (Å²) in [5.41, 5.74) is 0.776. The molecule has 0 unspecified atom stereocenters. The third-order valence-electron chi connectivity index (χ3n) is 5.49. The number of piperidine rings is 1. The second kappa shape index (κ2) is 7.15. The van der Waals surface area contributed by atoms with E-state index in [1.165, 1.54) is 0 Å². The molecule has 4 heterocycles.